The van der Waals surface area contributed by atoms with Gasteiger partial charge in [-0.15, -0.1) is 5.01 Å². The molecule has 0 bridgehead atoms. The molecule has 0 spiro atoms. The molecule has 3 aromatic rings. The number of esters is 1. The number of carbonyl (C=O) groups is 4. The zero-order valence-corrected chi connectivity index (χ0v) is 20.2. The Morgan fingerprint density at radius 2 is 1.16 bits per heavy atom. The molecule has 190 valence electrons. The Morgan fingerprint density at radius 3 is 1.65 bits per heavy atom. The number of carbonyl (C=O) groups excluding carboxylic acids is 4. The normalized spacial score (nSPS) is 16.8. The van der Waals surface area contributed by atoms with Crippen LogP contribution in [-0.4, -0.2) is 47.2 Å². The largest absolute Gasteiger partial charge is 0.467 e. The van der Waals surface area contributed by atoms with E-state index < -0.39 is 36.0 Å². The lowest BCUT2D eigenvalue weighted by molar-refractivity contribution is -0.149. The first-order valence-electron chi connectivity index (χ1n) is 11.7. The molecule has 3 aromatic carbocycles. The van der Waals surface area contributed by atoms with Crippen molar-refractivity contribution in [2.45, 2.75) is 25.7 Å². The number of hydrogen-bond acceptors (Lipinski definition) is 7. The summed E-state index contributed by atoms with van der Waals surface area (Å²) in [4.78, 5) is 52.9. The molecule has 4 rings (SSSR count). The summed E-state index contributed by atoms with van der Waals surface area (Å²) in [6.07, 6.45) is -2.07. The van der Waals surface area contributed by atoms with Gasteiger partial charge in [0.2, 0.25) is 0 Å². The number of hydrogen-bond donors (Lipinski definition) is 0. The molecule has 9 nitrogen and oxygen atoms in total. The highest BCUT2D eigenvalue weighted by atomic mass is 16.6. The predicted molar refractivity (Wildman–Crippen MR) is 131 cm³/mol. The Hall–Kier alpha value is -4.66. The van der Waals surface area contributed by atoms with E-state index in [0.717, 1.165) is 12.7 Å². The van der Waals surface area contributed by atoms with E-state index in [9.17, 15) is 19.2 Å². The summed E-state index contributed by atoms with van der Waals surface area (Å²) >= 11 is 0. The third-order valence-corrected chi connectivity index (χ3v) is 5.90. The van der Waals surface area contributed by atoms with Crippen LogP contribution in [0.2, 0.25) is 0 Å². The van der Waals surface area contributed by atoms with Gasteiger partial charge >= 0.3 is 18.2 Å². The Balaban J connectivity index is 1.63. The van der Waals surface area contributed by atoms with Crippen molar-refractivity contribution in [3.8, 4) is 0 Å². The molecule has 3 amide bonds. The summed E-state index contributed by atoms with van der Waals surface area (Å²) in [6, 6.07) is 25.3. The van der Waals surface area contributed by atoms with Gasteiger partial charge in [-0.3, -0.25) is 4.79 Å². The van der Waals surface area contributed by atoms with E-state index in [0.29, 0.717) is 21.1 Å². The average Bonchev–Trinajstić information content (AvgIpc) is 3.23. The Labute approximate surface area is 214 Å². The smallest absolute Gasteiger partial charge is 0.436 e. The van der Waals surface area contributed by atoms with Gasteiger partial charge in [0.05, 0.1) is 13.0 Å². The number of amides is 3. The second-order valence-corrected chi connectivity index (χ2v) is 8.34. The monoisotopic (exact) mass is 502 g/mol. The maximum absolute atomic E-state index is 13.6. The molecule has 0 aromatic heterocycles. The van der Waals surface area contributed by atoms with E-state index in [1.165, 1.54) is 0 Å². The van der Waals surface area contributed by atoms with Gasteiger partial charge in [-0.05, 0) is 23.1 Å². The van der Waals surface area contributed by atoms with Crippen LogP contribution in [0.1, 0.15) is 16.7 Å². The lowest BCUT2D eigenvalue weighted by atomic mass is 9.92. The molecule has 0 aliphatic carbocycles. The molecule has 1 fully saturated rings. The van der Waals surface area contributed by atoms with Gasteiger partial charge in [0, 0.05) is 0 Å². The molecule has 1 aliphatic rings. The summed E-state index contributed by atoms with van der Waals surface area (Å²) < 4.78 is 15.7. The van der Waals surface area contributed by atoms with Crippen molar-refractivity contribution in [1.29, 1.82) is 0 Å². The number of nitrogens with zero attached hydrogens (tertiary/aromatic N) is 2. The molecule has 0 N–H and O–H groups in total. The van der Waals surface area contributed by atoms with Crippen molar-refractivity contribution in [3.05, 3.63) is 108 Å². The van der Waals surface area contributed by atoms with Crippen molar-refractivity contribution in [2.24, 2.45) is 5.92 Å². The second-order valence-electron chi connectivity index (χ2n) is 8.34. The van der Waals surface area contributed by atoms with Crippen LogP contribution in [0.15, 0.2) is 91.0 Å². The molecule has 2 atom stereocenters. The standard InChI is InChI=1S/C28H26N2O7/c1-35-26(32)24-23(17-20-11-5-2-6-12-20)25(31)30(28(34)37-19-22-15-9-4-10-16-22)29(24)27(33)36-18-21-13-7-3-8-14-21/h2-16,23-24H,17-19H2,1H3. The van der Waals surface area contributed by atoms with E-state index in [-0.39, 0.29) is 19.6 Å². The van der Waals surface area contributed by atoms with Crippen LogP contribution in [0.3, 0.4) is 0 Å². The molecular weight excluding hydrogens is 476 g/mol. The van der Waals surface area contributed by atoms with Crippen LogP contribution in [0.4, 0.5) is 9.59 Å². The first-order chi connectivity index (χ1) is 18.0. The first-order valence-corrected chi connectivity index (χ1v) is 11.7. The van der Waals surface area contributed by atoms with E-state index in [2.05, 4.69) is 0 Å². The van der Waals surface area contributed by atoms with E-state index in [1.54, 1.807) is 72.8 Å². The summed E-state index contributed by atoms with van der Waals surface area (Å²) in [5.41, 5.74) is 2.12. The SMILES string of the molecule is COC(=O)C1C(Cc2ccccc2)C(=O)N(C(=O)OCc2ccccc2)N1C(=O)OCc1ccccc1. The Kier molecular flexibility index (Phi) is 8.15. The lowest BCUT2D eigenvalue weighted by Crippen LogP contribution is -2.52. The molecule has 9 heteroatoms. The highest BCUT2D eigenvalue weighted by molar-refractivity contribution is 6.02. The maximum Gasteiger partial charge on any atom is 0.436 e. The van der Waals surface area contributed by atoms with E-state index in [4.69, 9.17) is 14.2 Å². The number of hydrazine groups is 1. The van der Waals surface area contributed by atoms with Gasteiger partial charge in [0.25, 0.3) is 5.91 Å². The summed E-state index contributed by atoms with van der Waals surface area (Å²) in [5, 5.41) is 1.25. The zero-order valence-electron chi connectivity index (χ0n) is 20.2. The number of methoxy groups -OCH3 is 1. The molecule has 0 saturated carbocycles. The number of benzene rings is 3. The van der Waals surface area contributed by atoms with Crippen LogP contribution < -0.4 is 0 Å². The maximum atomic E-state index is 13.6. The molecule has 2 unspecified atom stereocenters. The number of rotatable bonds is 7. The predicted octanol–water partition coefficient (Wildman–Crippen LogP) is 4.12. The van der Waals surface area contributed by atoms with Gasteiger partial charge in [0.15, 0.2) is 6.04 Å². The van der Waals surface area contributed by atoms with Crippen LogP contribution in [0.25, 0.3) is 0 Å². The zero-order chi connectivity index (χ0) is 26.2. The third-order valence-electron chi connectivity index (χ3n) is 5.90. The van der Waals surface area contributed by atoms with Crippen LogP contribution >= 0.6 is 0 Å². The van der Waals surface area contributed by atoms with Gasteiger partial charge in [-0.2, -0.15) is 5.01 Å². The van der Waals surface area contributed by atoms with Gasteiger partial charge < -0.3 is 14.2 Å². The highest BCUT2D eigenvalue weighted by Crippen LogP contribution is 2.31. The molecule has 1 aliphatic heterocycles. The molecule has 37 heavy (non-hydrogen) atoms. The van der Waals surface area contributed by atoms with Crippen molar-refractivity contribution in [1.82, 2.24) is 10.0 Å². The van der Waals surface area contributed by atoms with Gasteiger partial charge in [0.1, 0.15) is 13.2 Å². The van der Waals surface area contributed by atoms with Crippen molar-refractivity contribution >= 4 is 24.1 Å². The first kappa shape index (κ1) is 25.4. The van der Waals surface area contributed by atoms with E-state index in [1.807, 2.05) is 18.2 Å². The van der Waals surface area contributed by atoms with Crippen LogP contribution in [-0.2, 0) is 43.4 Å². The van der Waals surface area contributed by atoms with Crippen LogP contribution in [0, 0.1) is 5.92 Å². The fourth-order valence-corrected chi connectivity index (χ4v) is 4.08. The molecule has 1 heterocycles. The molecule has 1 saturated heterocycles. The number of ether oxygens (including phenoxy) is 3. The molecular formula is C28H26N2O7. The number of imide groups is 1. The summed E-state index contributed by atoms with van der Waals surface area (Å²) in [5.74, 6) is -2.72. The quantitative estimate of drug-likeness (QED) is 0.354. The minimum absolute atomic E-state index is 0.0877. The Morgan fingerprint density at radius 1 is 0.703 bits per heavy atom. The lowest BCUT2D eigenvalue weighted by Gasteiger charge is -2.28. The Bertz CT molecular complexity index is 1240. The minimum Gasteiger partial charge on any atom is -0.467 e. The van der Waals surface area contributed by atoms with E-state index >= 15 is 0 Å². The molecule has 0 radical (unpaired) electrons. The minimum atomic E-state index is -1.43. The van der Waals surface area contributed by atoms with Gasteiger partial charge in [-0.1, -0.05) is 91.0 Å². The fourth-order valence-electron chi connectivity index (χ4n) is 4.08. The summed E-state index contributed by atoms with van der Waals surface area (Å²) in [7, 11) is 1.15. The average molecular weight is 503 g/mol. The third kappa shape index (κ3) is 5.95. The summed E-state index contributed by atoms with van der Waals surface area (Å²) in [6.45, 7) is -0.267. The van der Waals surface area contributed by atoms with Crippen molar-refractivity contribution in [3.63, 3.8) is 0 Å². The second kappa shape index (κ2) is 11.9. The van der Waals surface area contributed by atoms with Crippen molar-refractivity contribution in [2.75, 3.05) is 7.11 Å². The highest BCUT2D eigenvalue weighted by Gasteiger charge is 2.57. The van der Waals surface area contributed by atoms with Gasteiger partial charge in [-0.25, -0.2) is 14.4 Å². The topological polar surface area (TPSA) is 102 Å². The van der Waals surface area contributed by atoms with Crippen LogP contribution in [0.5, 0.6) is 0 Å². The van der Waals surface area contributed by atoms with Crippen molar-refractivity contribution < 1.29 is 33.4 Å². The fraction of sp³-hybridized carbons (Fsp3) is 0.214.